The van der Waals surface area contributed by atoms with Crippen LogP contribution in [-0.4, -0.2) is 50.2 Å². The maximum Gasteiger partial charge on any atom is 0.306 e. The minimum Gasteiger partial charge on any atom is -0.466 e. The molecule has 5 nitrogen and oxygen atoms in total. The summed E-state index contributed by atoms with van der Waals surface area (Å²) in [5, 5.41) is 0. The van der Waals surface area contributed by atoms with E-state index in [-0.39, 0.29) is 18.0 Å². The lowest BCUT2D eigenvalue weighted by Gasteiger charge is -2.19. The minimum absolute atomic E-state index is 0.0931. The maximum atomic E-state index is 12.7. The van der Waals surface area contributed by atoms with Gasteiger partial charge in [0.25, 0.3) is 0 Å². The Hall–Kier alpha value is -1.62. The summed E-state index contributed by atoms with van der Waals surface area (Å²) in [5.41, 5.74) is 0. The van der Waals surface area contributed by atoms with Crippen molar-refractivity contribution in [2.24, 2.45) is 5.92 Å². The second kappa shape index (κ2) is 39.6. The number of hydrogen-bond donors (Lipinski definition) is 0. The summed E-state index contributed by atoms with van der Waals surface area (Å²) in [4.78, 5) is 27.4. The highest BCUT2D eigenvalue weighted by atomic mass is 16.6. The molecule has 0 rings (SSSR count). The number of unbranched alkanes of at least 4 members (excludes halogenated alkanes) is 17. The van der Waals surface area contributed by atoms with Crippen molar-refractivity contribution >= 4 is 11.9 Å². The van der Waals surface area contributed by atoms with E-state index >= 15 is 0 Å². The van der Waals surface area contributed by atoms with Gasteiger partial charge in [-0.2, -0.15) is 0 Å². The van der Waals surface area contributed by atoms with Gasteiger partial charge in [0.2, 0.25) is 0 Å². The summed E-state index contributed by atoms with van der Waals surface area (Å²) in [6.45, 7) is 8.02. The zero-order chi connectivity index (χ0) is 37.5. The third-order valence-corrected chi connectivity index (χ3v) is 10.1. The Balaban J connectivity index is 4.45. The van der Waals surface area contributed by atoms with Gasteiger partial charge < -0.3 is 14.4 Å². The lowest BCUT2D eigenvalue weighted by atomic mass is 9.90. The van der Waals surface area contributed by atoms with Gasteiger partial charge in [-0.05, 0) is 90.8 Å². The largest absolute Gasteiger partial charge is 0.466 e. The number of carbonyl (C=O) groups is 2. The van der Waals surface area contributed by atoms with E-state index in [1.54, 1.807) is 0 Å². The van der Waals surface area contributed by atoms with E-state index in [0.29, 0.717) is 25.9 Å². The topological polar surface area (TPSA) is 55.8 Å². The van der Waals surface area contributed by atoms with Crippen LogP contribution in [0.4, 0.5) is 0 Å². The van der Waals surface area contributed by atoms with Crippen LogP contribution in [0.1, 0.15) is 220 Å². The van der Waals surface area contributed by atoms with Crippen LogP contribution in [0.5, 0.6) is 0 Å². The molecule has 0 heterocycles. The van der Waals surface area contributed by atoms with E-state index in [9.17, 15) is 9.59 Å². The summed E-state index contributed by atoms with van der Waals surface area (Å²) in [7, 11) is 4.05. The number of carbonyl (C=O) groups excluding carboxylic acids is 2. The Bertz CT molecular complexity index is 793. The molecule has 5 heteroatoms. The van der Waals surface area contributed by atoms with E-state index in [2.05, 4.69) is 50.0 Å². The van der Waals surface area contributed by atoms with Gasteiger partial charge in [0, 0.05) is 19.3 Å². The van der Waals surface area contributed by atoms with Crippen LogP contribution in [0.3, 0.4) is 0 Å². The molecule has 0 saturated heterocycles. The molecule has 0 saturated carbocycles. The van der Waals surface area contributed by atoms with Gasteiger partial charge in [-0.15, -0.1) is 0 Å². The molecule has 1 unspecified atom stereocenters. The Morgan fingerprint density at radius 1 is 0.510 bits per heavy atom. The predicted molar refractivity (Wildman–Crippen MR) is 221 cm³/mol. The second-order valence-electron chi connectivity index (χ2n) is 15.6. The first-order valence-corrected chi connectivity index (χ1v) is 22.2. The van der Waals surface area contributed by atoms with Crippen molar-refractivity contribution < 1.29 is 19.1 Å². The quantitative estimate of drug-likeness (QED) is 0.0360. The monoisotopic (exact) mass is 718 g/mol. The van der Waals surface area contributed by atoms with Crippen molar-refractivity contribution in [3.05, 3.63) is 24.3 Å². The summed E-state index contributed by atoms with van der Waals surface area (Å²) in [5.74, 6) is 0.527. The van der Waals surface area contributed by atoms with E-state index in [4.69, 9.17) is 9.47 Å². The maximum absolute atomic E-state index is 12.7. The number of esters is 2. The number of ether oxygens (including phenoxy) is 2. The first-order chi connectivity index (χ1) is 24.9. The fraction of sp³-hybridized carbons (Fsp3) is 0.870. The molecule has 0 spiro atoms. The van der Waals surface area contributed by atoms with Gasteiger partial charge in [0.15, 0.2) is 0 Å². The molecular weight excluding hydrogens is 631 g/mol. The van der Waals surface area contributed by atoms with Gasteiger partial charge in [-0.1, -0.05) is 161 Å². The number of allylic oxidation sites excluding steroid dienone is 4. The highest BCUT2D eigenvalue weighted by Gasteiger charge is 2.16. The van der Waals surface area contributed by atoms with Gasteiger partial charge in [-0.3, -0.25) is 9.59 Å². The molecule has 51 heavy (non-hydrogen) atoms. The number of rotatable bonds is 39. The van der Waals surface area contributed by atoms with Gasteiger partial charge in [0.05, 0.1) is 6.61 Å². The molecule has 0 aliphatic heterocycles. The molecule has 0 radical (unpaired) electrons. The van der Waals surface area contributed by atoms with Gasteiger partial charge >= 0.3 is 11.9 Å². The van der Waals surface area contributed by atoms with Crippen LogP contribution in [0.15, 0.2) is 24.3 Å². The highest BCUT2D eigenvalue weighted by molar-refractivity contribution is 5.70. The van der Waals surface area contributed by atoms with Crippen LogP contribution < -0.4 is 0 Å². The van der Waals surface area contributed by atoms with Crippen LogP contribution in [0.25, 0.3) is 0 Å². The molecule has 1 atom stereocenters. The third-order valence-electron chi connectivity index (χ3n) is 10.1. The van der Waals surface area contributed by atoms with Crippen LogP contribution in [0.2, 0.25) is 0 Å². The first kappa shape index (κ1) is 49.4. The zero-order valence-corrected chi connectivity index (χ0v) is 34.9. The molecule has 0 aromatic rings. The Morgan fingerprint density at radius 2 is 0.980 bits per heavy atom. The van der Waals surface area contributed by atoms with E-state index in [1.165, 1.54) is 135 Å². The fourth-order valence-electron chi connectivity index (χ4n) is 6.82. The second-order valence-corrected chi connectivity index (χ2v) is 15.6. The zero-order valence-electron chi connectivity index (χ0n) is 34.9. The van der Waals surface area contributed by atoms with Crippen LogP contribution >= 0.6 is 0 Å². The molecule has 0 amide bonds. The average molecular weight is 718 g/mol. The summed E-state index contributed by atoms with van der Waals surface area (Å²) >= 11 is 0. The van der Waals surface area contributed by atoms with Gasteiger partial charge in [-0.25, -0.2) is 0 Å². The standard InChI is InChI=1S/C46H87NO4/c1-6-9-12-15-16-17-18-19-20-21-22-23-24-25-28-31-37-44(51-46(49)39-33-41-47(4)5)40-42-50-45(48)38-32-36-43(34-29-26-13-10-7-2)35-30-27-14-11-8-3/h16-17,19-20,43-44H,6-15,18,21-42H2,1-5H3/b17-16-,20-19-. The molecule has 0 aliphatic carbocycles. The Morgan fingerprint density at radius 3 is 1.57 bits per heavy atom. The average Bonchev–Trinajstić information content (AvgIpc) is 3.10. The predicted octanol–water partition coefficient (Wildman–Crippen LogP) is 13.9. The molecule has 0 aliphatic rings. The van der Waals surface area contributed by atoms with Crippen molar-refractivity contribution in [3.63, 3.8) is 0 Å². The molecule has 0 bridgehead atoms. The van der Waals surface area contributed by atoms with Crippen molar-refractivity contribution in [1.82, 2.24) is 4.90 Å². The first-order valence-electron chi connectivity index (χ1n) is 22.2. The fourth-order valence-corrected chi connectivity index (χ4v) is 6.82. The smallest absolute Gasteiger partial charge is 0.306 e. The van der Waals surface area contributed by atoms with Gasteiger partial charge in [0.1, 0.15) is 6.10 Å². The highest BCUT2D eigenvalue weighted by Crippen LogP contribution is 2.24. The van der Waals surface area contributed by atoms with Crippen LogP contribution in [0, 0.1) is 5.92 Å². The SMILES string of the molecule is CCCCC/C=C\C/C=C\CCCCCCCCC(CCOC(=O)CCCC(CCCCCCC)CCCCCCC)OC(=O)CCCN(C)C. The van der Waals surface area contributed by atoms with Crippen molar-refractivity contribution in [2.45, 2.75) is 226 Å². The summed E-state index contributed by atoms with van der Waals surface area (Å²) < 4.78 is 11.6. The summed E-state index contributed by atoms with van der Waals surface area (Å²) in [6.07, 6.45) is 44.9. The number of nitrogens with zero attached hydrogens (tertiary/aromatic N) is 1. The Labute approximate surface area is 318 Å². The molecular formula is C46H87NO4. The molecule has 0 fully saturated rings. The number of hydrogen-bond acceptors (Lipinski definition) is 5. The molecule has 0 N–H and O–H groups in total. The third kappa shape index (κ3) is 37.9. The lowest BCUT2D eigenvalue weighted by molar-refractivity contribution is -0.152. The molecule has 0 aromatic heterocycles. The van der Waals surface area contributed by atoms with Crippen LogP contribution in [-0.2, 0) is 19.1 Å². The van der Waals surface area contributed by atoms with Crippen molar-refractivity contribution in [3.8, 4) is 0 Å². The van der Waals surface area contributed by atoms with Crippen molar-refractivity contribution in [1.29, 1.82) is 0 Å². The summed E-state index contributed by atoms with van der Waals surface area (Å²) in [6, 6.07) is 0. The Kier molecular flexibility index (Phi) is 38.3. The van der Waals surface area contributed by atoms with E-state index in [0.717, 1.165) is 57.4 Å². The minimum atomic E-state index is -0.166. The van der Waals surface area contributed by atoms with E-state index in [1.807, 2.05) is 14.1 Å². The molecule has 0 aromatic carbocycles. The normalized spacial score (nSPS) is 12.5. The lowest BCUT2D eigenvalue weighted by Crippen LogP contribution is -2.22. The molecule has 300 valence electrons. The van der Waals surface area contributed by atoms with E-state index < -0.39 is 0 Å². The van der Waals surface area contributed by atoms with Crippen molar-refractivity contribution in [2.75, 3.05) is 27.2 Å².